The van der Waals surface area contributed by atoms with E-state index in [4.69, 9.17) is 19.4 Å². The lowest BCUT2D eigenvalue weighted by atomic mass is 10.0. The summed E-state index contributed by atoms with van der Waals surface area (Å²) in [6, 6.07) is 76.1. The molecule has 5 heteroatoms. The van der Waals surface area contributed by atoms with Crippen molar-refractivity contribution in [3.05, 3.63) is 218 Å². The van der Waals surface area contributed by atoms with Crippen molar-refractivity contribution in [1.82, 2.24) is 19.5 Å². The van der Waals surface area contributed by atoms with Gasteiger partial charge in [0, 0.05) is 43.8 Å². The summed E-state index contributed by atoms with van der Waals surface area (Å²) >= 11 is 0. The van der Waals surface area contributed by atoms with Gasteiger partial charge in [-0.1, -0.05) is 182 Å². The minimum Gasteiger partial charge on any atom is -0.455 e. The zero-order chi connectivity index (χ0) is 41.0. The number of para-hydroxylation sites is 3. The van der Waals surface area contributed by atoms with Gasteiger partial charge in [0.05, 0.1) is 16.7 Å². The quantitative estimate of drug-likeness (QED) is 0.161. The van der Waals surface area contributed by atoms with E-state index in [-0.39, 0.29) is 0 Å². The zero-order valence-electron chi connectivity index (χ0n) is 33.5. The first-order valence-electron chi connectivity index (χ1n) is 20.9. The second-order valence-electron chi connectivity index (χ2n) is 15.5. The Morgan fingerprint density at radius 2 is 0.855 bits per heavy atom. The number of rotatable bonds is 7. The highest BCUT2D eigenvalue weighted by atomic mass is 16.3. The first-order chi connectivity index (χ1) is 30.7. The van der Waals surface area contributed by atoms with Crippen LogP contribution in [0.2, 0.25) is 0 Å². The van der Waals surface area contributed by atoms with Crippen LogP contribution in [-0.2, 0) is 0 Å². The lowest BCUT2D eigenvalue weighted by Crippen LogP contribution is -2.03. The van der Waals surface area contributed by atoms with Crippen LogP contribution in [0.4, 0.5) is 0 Å². The predicted molar refractivity (Wildman–Crippen MR) is 254 cm³/mol. The third-order valence-electron chi connectivity index (χ3n) is 11.9. The second kappa shape index (κ2) is 14.7. The number of furan rings is 1. The van der Waals surface area contributed by atoms with Gasteiger partial charge in [-0.2, -0.15) is 0 Å². The summed E-state index contributed by atoms with van der Waals surface area (Å²) < 4.78 is 9.10. The number of benzene rings is 9. The summed E-state index contributed by atoms with van der Waals surface area (Å²) in [6.07, 6.45) is 0. The maximum atomic E-state index is 6.75. The molecule has 0 atom stereocenters. The van der Waals surface area contributed by atoms with Gasteiger partial charge in [-0.15, -0.1) is 0 Å². The van der Waals surface area contributed by atoms with E-state index in [0.717, 1.165) is 99.5 Å². The van der Waals surface area contributed by atoms with Crippen LogP contribution >= 0.6 is 0 Å². The Hall–Kier alpha value is -8.41. The molecule has 0 aliphatic rings. The largest absolute Gasteiger partial charge is 0.455 e. The molecule has 0 fully saturated rings. The van der Waals surface area contributed by atoms with E-state index < -0.39 is 0 Å². The van der Waals surface area contributed by atoms with Crippen molar-refractivity contribution in [3.8, 4) is 73.2 Å². The first kappa shape index (κ1) is 35.5. The molecule has 3 aromatic heterocycles. The first-order valence-corrected chi connectivity index (χ1v) is 20.9. The number of fused-ring (bicyclic) bond motifs is 7. The van der Waals surface area contributed by atoms with Crippen LogP contribution in [0.3, 0.4) is 0 Å². The normalized spacial score (nSPS) is 11.5. The molecule has 0 radical (unpaired) electrons. The number of hydrogen-bond donors (Lipinski definition) is 0. The fourth-order valence-corrected chi connectivity index (χ4v) is 8.98. The molecule has 0 spiro atoms. The van der Waals surface area contributed by atoms with Crippen molar-refractivity contribution in [2.24, 2.45) is 0 Å². The summed E-state index contributed by atoms with van der Waals surface area (Å²) in [6.45, 7) is 0. The minimum absolute atomic E-state index is 0.589. The topological polar surface area (TPSA) is 56.7 Å². The highest BCUT2D eigenvalue weighted by molar-refractivity contribution is 6.28. The maximum Gasteiger partial charge on any atom is 0.166 e. The Morgan fingerprint density at radius 3 is 1.63 bits per heavy atom. The summed E-state index contributed by atoms with van der Waals surface area (Å²) in [5, 5.41) is 4.48. The average molecular weight is 793 g/mol. The number of hydrogen-bond acceptors (Lipinski definition) is 4. The van der Waals surface area contributed by atoms with Crippen molar-refractivity contribution < 1.29 is 4.42 Å². The lowest BCUT2D eigenvalue weighted by molar-refractivity contribution is 0.670. The van der Waals surface area contributed by atoms with Crippen molar-refractivity contribution in [3.63, 3.8) is 0 Å². The Kier molecular flexibility index (Phi) is 8.42. The Bertz CT molecular complexity index is 3610. The molecule has 5 nitrogen and oxygen atoms in total. The van der Waals surface area contributed by atoms with Crippen LogP contribution in [0, 0.1) is 0 Å². The Morgan fingerprint density at radius 1 is 0.323 bits per heavy atom. The fourth-order valence-electron chi connectivity index (χ4n) is 8.98. The minimum atomic E-state index is 0.589. The molecule has 0 aliphatic carbocycles. The molecule has 0 N–H and O–H groups in total. The predicted octanol–water partition coefficient (Wildman–Crippen LogP) is 14.9. The van der Waals surface area contributed by atoms with Crippen molar-refractivity contribution in [2.45, 2.75) is 0 Å². The van der Waals surface area contributed by atoms with E-state index in [1.807, 2.05) is 18.2 Å². The summed E-state index contributed by atoms with van der Waals surface area (Å²) in [4.78, 5) is 15.8. The van der Waals surface area contributed by atoms with Crippen LogP contribution in [0.1, 0.15) is 0 Å². The molecule has 12 rings (SSSR count). The molecule has 9 aromatic carbocycles. The second-order valence-corrected chi connectivity index (χ2v) is 15.5. The van der Waals surface area contributed by atoms with E-state index in [9.17, 15) is 0 Å². The number of aromatic nitrogens is 4. The highest BCUT2D eigenvalue weighted by Crippen LogP contribution is 2.44. The molecule has 0 aliphatic heterocycles. The van der Waals surface area contributed by atoms with Gasteiger partial charge in [-0.3, -0.25) is 0 Å². The highest BCUT2D eigenvalue weighted by Gasteiger charge is 2.23. The summed E-state index contributed by atoms with van der Waals surface area (Å²) in [5.74, 6) is 1.80. The van der Waals surface area contributed by atoms with Crippen LogP contribution in [0.5, 0.6) is 0 Å². The SMILES string of the molecule is c1ccc(-c2ccc(-c3nc(-c4cccc(-c5ccccc5)c4)nc(-c4ccccc4-n4c5ccccc5c5c6c(ccc54)oc4c(-c5ccccc5)cccc46)n3)cc2)cc1. The Labute approximate surface area is 357 Å². The van der Waals surface area contributed by atoms with Gasteiger partial charge in [0.25, 0.3) is 0 Å². The van der Waals surface area contributed by atoms with Crippen LogP contribution in [-0.4, -0.2) is 19.5 Å². The van der Waals surface area contributed by atoms with Crippen LogP contribution < -0.4 is 0 Å². The van der Waals surface area contributed by atoms with Gasteiger partial charge in [-0.25, -0.2) is 15.0 Å². The maximum absolute atomic E-state index is 6.75. The van der Waals surface area contributed by atoms with Gasteiger partial charge in [0.2, 0.25) is 0 Å². The smallest absolute Gasteiger partial charge is 0.166 e. The monoisotopic (exact) mass is 792 g/mol. The van der Waals surface area contributed by atoms with E-state index in [1.165, 1.54) is 0 Å². The average Bonchev–Trinajstić information content (AvgIpc) is 3.91. The van der Waals surface area contributed by atoms with Crippen LogP contribution in [0.15, 0.2) is 223 Å². The molecule has 12 aromatic rings. The van der Waals surface area contributed by atoms with E-state index in [1.54, 1.807) is 0 Å². The van der Waals surface area contributed by atoms with E-state index in [0.29, 0.717) is 17.5 Å². The standard InChI is InChI=1S/C57H36N4O/c1-4-16-37(17-5-1)39-30-32-41(33-31-39)55-58-56(43-23-14-22-42(36-43)38-18-6-2-7-19-38)60-57(59-55)46-25-11-13-29-49(46)61-48-28-12-10-24-45(48)52-50(61)34-35-51-53(52)47-27-15-26-44(54(47)62-51)40-20-8-3-9-21-40/h1-36H. The van der Waals surface area contributed by atoms with Crippen LogP contribution in [0.25, 0.3) is 117 Å². The molecule has 62 heavy (non-hydrogen) atoms. The van der Waals surface area contributed by atoms with Gasteiger partial charge in [0.1, 0.15) is 11.2 Å². The van der Waals surface area contributed by atoms with Crippen molar-refractivity contribution in [2.75, 3.05) is 0 Å². The molecule has 0 amide bonds. The number of nitrogens with zero attached hydrogens (tertiary/aromatic N) is 4. The molecule has 0 unspecified atom stereocenters. The van der Waals surface area contributed by atoms with E-state index >= 15 is 0 Å². The molecular formula is C57H36N4O. The summed E-state index contributed by atoms with van der Waals surface area (Å²) in [5.41, 5.74) is 14.3. The van der Waals surface area contributed by atoms with Gasteiger partial charge in [-0.05, 0) is 64.2 Å². The third-order valence-corrected chi connectivity index (χ3v) is 11.9. The summed E-state index contributed by atoms with van der Waals surface area (Å²) in [7, 11) is 0. The van der Waals surface area contributed by atoms with E-state index in [2.05, 4.69) is 205 Å². The Balaban J connectivity index is 1.07. The molecule has 0 saturated heterocycles. The lowest BCUT2D eigenvalue weighted by Gasteiger charge is -2.15. The van der Waals surface area contributed by atoms with Crippen molar-refractivity contribution >= 4 is 43.7 Å². The molecule has 3 heterocycles. The fraction of sp³-hybridized carbons (Fsp3) is 0. The molecular weight excluding hydrogens is 757 g/mol. The molecule has 290 valence electrons. The van der Waals surface area contributed by atoms with Crippen molar-refractivity contribution in [1.29, 1.82) is 0 Å². The van der Waals surface area contributed by atoms with Gasteiger partial charge in [0.15, 0.2) is 17.5 Å². The molecule has 0 saturated carbocycles. The molecule has 0 bridgehead atoms. The van der Waals surface area contributed by atoms with Gasteiger partial charge >= 0.3 is 0 Å². The third kappa shape index (κ3) is 5.98. The zero-order valence-corrected chi connectivity index (χ0v) is 33.5. The van der Waals surface area contributed by atoms with Gasteiger partial charge < -0.3 is 8.98 Å².